The van der Waals surface area contributed by atoms with E-state index in [1.165, 1.54) is 6.07 Å². The van der Waals surface area contributed by atoms with Crippen molar-refractivity contribution in [2.45, 2.75) is 50.7 Å². The molecule has 16 heteroatoms. The van der Waals surface area contributed by atoms with Crippen molar-refractivity contribution in [1.29, 1.82) is 0 Å². The van der Waals surface area contributed by atoms with Gasteiger partial charge in [0.1, 0.15) is 18.0 Å². The van der Waals surface area contributed by atoms with Gasteiger partial charge in [0.05, 0.1) is 24.1 Å². The zero-order chi connectivity index (χ0) is 27.5. The van der Waals surface area contributed by atoms with Crippen molar-refractivity contribution >= 4 is 11.5 Å². The van der Waals surface area contributed by atoms with Gasteiger partial charge in [-0.25, -0.2) is 10.1 Å². The van der Waals surface area contributed by atoms with Gasteiger partial charge in [-0.1, -0.05) is 0 Å². The van der Waals surface area contributed by atoms with Crippen LogP contribution in [0.4, 0.5) is 37.8 Å². The number of nitrogens with zero attached hydrogens (tertiary/aromatic N) is 5. The van der Waals surface area contributed by atoms with Crippen LogP contribution in [-0.2, 0) is 23.7 Å². The molecular weight excluding hydrogens is 524 g/mol. The van der Waals surface area contributed by atoms with Crippen LogP contribution >= 0.6 is 0 Å². The van der Waals surface area contributed by atoms with Crippen molar-refractivity contribution in [2.24, 2.45) is 0 Å². The molecule has 0 aromatic carbocycles. The van der Waals surface area contributed by atoms with Crippen molar-refractivity contribution in [3.63, 3.8) is 0 Å². The first-order valence-corrected chi connectivity index (χ1v) is 11.5. The number of pyridine rings is 1. The number of rotatable bonds is 8. The maximum atomic E-state index is 13.2. The lowest BCUT2D eigenvalue weighted by Crippen LogP contribution is -2.33. The van der Waals surface area contributed by atoms with Gasteiger partial charge < -0.3 is 19.4 Å². The lowest BCUT2D eigenvalue weighted by molar-refractivity contribution is -0.138. The van der Waals surface area contributed by atoms with Gasteiger partial charge in [-0.15, -0.1) is 10.2 Å². The monoisotopic (exact) mass is 547 g/mol. The molecule has 1 saturated heterocycles. The fourth-order valence-electron chi connectivity index (χ4n) is 4.01. The molecule has 1 unspecified atom stereocenters. The average molecular weight is 547 g/mol. The largest absolute Gasteiger partial charge is 0.423 e. The van der Waals surface area contributed by atoms with Gasteiger partial charge in [0.15, 0.2) is 0 Å². The zero-order valence-electron chi connectivity index (χ0n) is 19.9. The molecule has 38 heavy (non-hydrogen) atoms. The third kappa shape index (κ3) is 6.59. The van der Waals surface area contributed by atoms with Gasteiger partial charge in [0.25, 0.3) is 5.56 Å². The molecule has 2 N–H and O–H groups in total. The van der Waals surface area contributed by atoms with Crippen LogP contribution in [0.2, 0.25) is 0 Å². The van der Waals surface area contributed by atoms with Crippen molar-refractivity contribution in [3.05, 3.63) is 57.8 Å². The van der Waals surface area contributed by atoms with E-state index in [1.54, 1.807) is 12.0 Å². The highest BCUT2D eigenvalue weighted by molar-refractivity contribution is 5.50. The number of anilines is 2. The predicted molar refractivity (Wildman–Crippen MR) is 120 cm³/mol. The molecule has 0 radical (unpaired) electrons. The molecule has 1 aliphatic heterocycles. The summed E-state index contributed by atoms with van der Waals surface area (Å²) in [6.07, 6.45) is -6.36. The number of nitrogens with one attached hydrogen (secondary N) is 2. The predicted octanol–water partition coefficient (Wildman–Crippen LogP) is 3.99. The minimum atomic E-state index is -4.86. The Bertz CT molecular complexity index is 1270. The van der Waals surface area contributed by atoms with Gasteiger partial charge in [-0.3, -0.25) is 4.79 Å². The molecule has 1 fully saturated rings. The van der Waals surface area contributed by atoms with Crippen LogP contribution in [0.1, 0.15) is 48.6 Å². The number of alkyl halides is 6. The van der Waals surface area contributed by atoms with Crippen LogP contribution in [0.25, 0.3) is 0 Å². The summed E-state index contributed by atoms with van der Waals surface area (Å²) in [5, 5.41) is 15.7. The quantitative estimate of drug-likeness (QED) is 0.403. The SMILES string of the molecule is CC(COCc1nnc(C2CCN(c3ccc(C(F)(F)F)cn3)CC2)o1)Nc1cn[nH]c(=O)c1C(F)(F)F. The van der Waals surface area contributed by atoms with Crippen LogP contribution in [0.15, 0.2) is 33.7 Å². The Labute approximate surface area is 211 Å². The van der Waals surface area contributed by atoms with Gasteiger partial charge in [-0.2, -0.15) is 31.4 Å². The van der Waals surface area contributed by atoms with Crippen molar-refractivity contribution in [1.82, 2.24) is 25.4 Å². The van der Waals surface area contributed by atoms with Crippen LogP contribution < -0.4 is 15.8 Å². The van der Waals surface area contributed by atoms with Crippen LogP contribution in [0.5, 0.6) is 0 Å². The molecular formula is C22H23F6N7O3. The van der Waals surface area contributed by atoms with Gasteiger partial charge in [0, 0.05) is 31.2 Å². The lowest BCUT2D eigenvalue weighted by Gasteiger charge is -2.31. The number of aromatic nitrogens is 5. The van der Waals surface area contributed by atoms with E-state index in [4.69, 9.17) is 9.15 Å². The average Bonchev–Trinajstić information content (AvgIpc) is 3.32. The maximum Gasteiger partial charge on any atom is 0.423 e. The maximum absolute atomic E-state index is 13.2. The number of piperidine rings is 1. The molecule has 0 saturated carbocycles. The summed E-state index contributed by atoms with van der Waals surface area (Å²) in [6.45, 7) is 2.54. The molecule has 1 atom stereocenters. The molecule has 0 spiro atoms. The number of halogens is 6. The van der Waals surface area contributed by atoms with E-state index in [9.17, 15) is 31.1 Å². The van der Waals surface area contributed by atoms with E-state index in [0.29, 0.717) is 37.6 Å². The van der Waals surface area contributed by atoms with E-state index in [1.807, 2.05) is 4.90 Å². The van der Waals surface area contributed by atoms with E-state index < -0.39 is 40.8 Å². The summed E-state index contributed by atoms with van der Waals surface area (Å²) in [7, 11) is 0. The molecule has 0 aliphatic carbocycles. The highest BCUT2D eigenvalue weighted by atomic mass is 19.4. The Hall–Kier alpha value is -3.69. The first-order valence-electron chi connectivity index (χ1n) is 11.5. The summed E-state index contributed by atoms with van der Waals surface area (Å²) in [6, 6.07) is 1.74. The summed E-state index contributed by atoms with van der Waals surface area (Å²) in [4.78, 5) is 17.4. The number of hydrogen-bond acceptors (Lipinski definition) is 9. The van der Waals surface area contributed by atoms with E-state index in [-0.39, 0.29) is 25.0 Å². The van der Waals surface area contributed by atoms with Crippen LogP contribution in [-0.4, -0.2) is 51.1 Å². The van der Waals surface area contributed by atoms with E-state index in [2.05, 4.69) is 25.6 Å². The first kappa shape index (κ1) is 27.3. The third-order valence-corrected chi connectivity index (χ3v) is 5.86. The fourth-order valence-corrected chi connectivity index (χ4v) is 4.01. The first-order chi connectivity index (χ1) is 17.9. The summed E-state index contributed by atoms with van der Waals surface area (Å²) < 4.78 is 88.8. The summed E-state index contributed by atoms with van der Waals surface area (Å²) in [5.74, 6) is 0.996. The third-order valence-electron chi connectivity index (χ3n) is 5.86. The molecule has 3 aromatic rings. The Kier molecular flexibility index (Phi) is 7.89. The minimum absolute atomic E-state index is 0.0275. The number of ether oxygens (including phenoxy) is 1. The second kappa shape index (κ2) is 11.0. The van der Waals surface area contributed by atoms with Crippen molar-refractivity contribution < 1.29 is 35.5 Å². The molecule has 206 valence electrons. The van der Waals surface area contributed by atoms with Crippen molar-refractivity contribution in [3.8, 4) is 0 Å². The highest BCUT2D eigenvalue weighted by Gasteiger charge is 2.37. The second-order valence-corrected chi connectivity index (χ2v) is 8.74. The smallest absolute Gasteiger partial charge is 0.422 e. The van der Waals surface area contributed by atoms with Crippen LogP contribution in [0.3, 0.4) is 0 Å². The second-order valence-electron chi connectivity index (χ2n) is 8.74. The molecule has 3 aromatic heterocycles. The van der Waals surface area contributed by atoms with Gasteiger partial charge in [-0.05, 0) is 31.9 Å². The summed E-state index contributed by atoms with van der Waals surface area (Å²) in [5.41, 5.74) is -3.99. The Morgan fingerprint density at radius 2 is 1.87 bits per heavy atom. The molecule has 0 bridgehead atoms. The Balaban J connectivity index is 1.25. The van der Waals surface area contributed by atoms with E-state index >= 15 is 0 Å². The number of hydrogen-bond donors (Lipinski definition) is 2. The number of aromatic amines is 1. The van der Waals surface area contributed by atoms with Gasteiger partial charge in [0.2, 0.25) is 11.8 Å². The molecule has 1 aliphatic rings. The Morgan fingerprint density at radius 3 is 2.50 bits per heavy atom. The topological polar surface area (TPSA) is 122 Å². The van der Waals surface area contributed by atoms with Crippen molar-refractivity contribution in [2.75, 3.05) is 29.9 Å². The van der Waals surface area contributed by atoms with Crippen LogP contribution in [0, 0.1) is 0 Å². The minimum Gasteiger partial charge on any atom is -0.422 e. The molecule has 4 heterocycles. The zero-order valence-corrected chi connectivity index (χ0v) is 19.9. The molecule has 4 rings (SSSR count). The number of H-pyrrole nitrogens is 1. The highest BCUT2D eigenvalue weighted by Crippen LogP contribution is 2.33. The standard InChI is InChI=1S/C22H23F6N7O3/c1-12(31-15-9-30-33-19(36)18(15)22(26,27)28)10-37-11-17-32-34-20(38-17)13-4-6-35(7-5-13)16-3-2-14(8-29-16)21(23,24)25/h2-3,8-9,12-13H,4-7,10-11H2,1H3,(H2,31,33,36). The van der Waals surface area contributed by atoms with E-state index in [0.717, 1.165) is 18.5 Å². The Morgan fingerprint density at radius 1 is 1.13 bits per heavy atom. The molecule has 10 nitrogen and oxygen atoms in total. The fraction of sp³-hybridized carbons (Fsp3) is 0.500. The normalized spacial score (nSPS) is 16.0. The lowest BCUT2D eigenvalue weighted by atomic mass is 9.97. The van der Waals surface area contributed by atoms with Gasteiger partial charge >= 0.3 is 12.4 Å². The molecule has 0 amide bonds. The summed E-state index contributed by atoms with van der Waals surface area (Å²) >= 11 is 0.